The van der Waals surface area contributed by atoms with Gasteiger partial charge in [-0.2, -0.15) is 0 Å². The molecule has 0 saturated carbocycles. The van der Waals surface area contributed by atoms with Crippen molar-refractivity contribution in [3.05, 3.63) is 95.3 Å². The third kappa shape index (κ3) is 3.96. The number of para-hydroxylation sites is 1. The van der Waals surface area contributed by atoms with Gasteiger partial charge in [-0.3, -0.25) is 9.98 Å². The van der Waals surface area contributed by atoms with Gasteiger partial charge >= 0.3 is 5.97 Å². The molecule has 1 fully saturated rings. The molecular formula is C25H23N3O3S. The summed E-state index contributed by atoms with van der Waals surface area (Å²) in [4.78, 5) is 23.1. The summed E-state index contributed by atoms with van der Waals surface area (Å²) in [6.45, 7) is 3.51. The van der Waals surface area contributed by atoms with Crippen molar-refractivity contribution >= 4 is 22.9 Å². The van der Waals surface area contributed by atoms with E-state index in [1.807, 2.05) is 54.4 Å². The molecule has 6 nitrogen and oxygen atoms in total. The Kier molecular flexibility index (Phi) is 5.57. The number of aromatic nitrogens is 1. The Bertz CT molecular complexity index is 1150. The van der Waals surface area contributed by atoms with Crippen LogP contribution in [0, 0.1) is 0 Å². The molecule has 32 heavy (non-hydrogen) atoms. The van der Waals surface area contributed by atoms with Crippen LogP contribution >= 0.6 is 11.8 Å². The Hall–Kier alpha value is -3.32. The highest BCUT2D eigenvalue weighted by molar-refractivity contribution is 8.14. The molecule has 7 heteroatoms. The average Bonchev–Trinajstić information content (AvgIpc) is 3.34. The lowest BCUT2D eigenvalue weighted by Gasteiger charge is -2.28. The Morgan fingerprint density at radius 2 is 1.91 bits per heavy atom. The van der Waals surface area contributed by atoms with Crippen LogP contribution in [0.15, 0.2) is 77.9 Å². The summed E-state index contributed by atoms with van der Waals surface area (Å²) in [7, 11) is 0. The maximum absolute atomic E-state index is 11.1. The lowest BCUT2D eigenvalue weighted by molar-refractivity contribution is 0.0697. The van der Waals surface area contributed by atoms with Gasteiger partial charge < -0.3 is 14.7 Å². The van der Waals surface area contributed by atoms with Gasteiger partial charge in [0.2, 0.25) is 0 Å². The van der Waals surface area contributed by atoms with Crippen LogP contribution in [0.5, 0.6) is 5.75 Å². The number of fused-ring (bicyclic) bond motifs is 1. The number of hydrogen-bond acceptors (Lipinski definition) is 6. The van der Waals surface area contributed by atoms with Gasteiger partial charge in [0, 0.05) is 23.6 Å². The number of rotatable bonds is 6. The van der Waals surface area contributed by atoms with Crippen molar-refractivity contribution in [1.29, 1.82) is 0 Å². The SMILES string of the molecule is C[C@@H]1CN2C(=N[C@@H](c3ccccn3)[C@H]2c2ccccc2OCc2ccc(C(=O)O)cc2)S1. The molecule has 162 valence electrons. The molecule has 2 aliphatic rings. The van der Waals surface area contributed by atoms with Crippen molar-refractivity contribution in [2.75, 3.05) is 6.54 Å². The highest BCUT2D eigenvalue weighted by atomic mass is 32.2. The Labute approximate surface area is 191 Å². The highest BCUT2D eigenvalue weighted by Gasteiger charge is 2.44. The molecule has 2 aromatic carbocycles. The van der Waals surface area contributed by atoms with Gasteiger partial charge in [-0.15, -0.1) is 0 Å². The second-order valence-electron chi connectivity index (χ2n) is 7.97. The van der Waals surface area contributed by atoms with Crippen LogP contribution in [0.3, 0.4) is 0 Å². The smallest absolute Gasteiger partial charge is 0.335 e. The van der Waals surface area contributed by atoms with Gasteiger partial charge in [-0.1, -0.05) is 55.1 Å². The minimum Gasteiger partial charge on any atom is -0.489 e. The monoisotopic (exact) mass is 445 g/mol. The zero-order chi connectivity index (χ0) is 22.1. The minimum atomic E-state index is -0.932. The first-order chi connectivity index (χ1) is 15.6. The lowest BCUT2D eigenvalue weighted by Crippen LogP contribution is -2.29. The van der Waals surface area contributed by atoms with Crippen LogP contribution in [0.25, 0.3) is 0 Å². The van der Waals surface area contributed by atoms with E-state index in [2.05, 4.69) is 22.9 Å². The number of carbonyl (C=O) groups is 1. The molecule has 2 aliphatic heterocycles. The first-order valence-corrected chi connectivity index (χ1v) is 11.4. The molecular weight excluding hydrogens is 422 g/mol. The molecule has 3 atom stereocenters. The number of nitrogens with zero attached hydrogens (tertiary/aromatic N) is 3. The molecule has 0 bridgehead atoms. The first kappa shape index (κ1) is 20.6. The number of carboxylic acids is 1. The van der Waals surface area contributed by atoms with Crippen molar-refractivity contribution in [2.24, 2.45) is 4.99 Å². The summed E-state index contributed by atoms with van der Waals surface area (Å²) < 4.78 is 6.24. The molecule has 3 heterocycles. The highest BCUT2D eigenvalue weighted by Crippen LogP contribution is 2.49. The van der Waals surface area contributed by atoms with Crippen LogP contribution in [0.1, 0.15) is 46.2 Å². The molecule has 1 aromatic heterocycles. The fourth-order valence-electron chi connectivity index (χ4n) is 4.21. The van der Waals surface area contributed by atoms with E-state index in [1.54, 1.807) is 24.3 Å². The summed E-state index contributed by atoms with van der Waals surface area (Å²) >= 11 is 1.81. The van der Waals surface area contributed by atoms with Crippen molar-refractivity contribution < 1.29 is 14.6 Å². The van der Waals surface area contributed by atoms with E-state index in [4.69, 9.17) is 14.8 Å². The largest absolute Gasteiger partial charge is 0.489 e. The number of ether oxygens (including phenoxy) is 1. The second kappa shape index (κ2) is 8.67. The number of aliphatic imine (C=N–C) groups is 1. The van der Waals surface area contributed by atoms with Crippen molar-refractivity contribution in [3.8, 4) is 5.75 Å². The first-order valence-electron chi connectivity index (χ1n) is 10.6. The fraction of sp³-hybridized carbons (Fsp3) is 0.240. The summed E-state index contributed by atoms with van der Waals surface area (Å²) in [6.07, 6.45) is 1.81. The maximum atomic E-state index is 11.1. The van der Waals surface area contributed by atoms with Gasteiger partial charge in [0.25, 0.3) is 0 Å². The predicted octanol–water partition coefficient (Wildman–Crippen LogP) is 4.95. The van der Waals surface area contributed by atoms with Crippen molar-refractivity contribution in [3.63, 3.8) is 0 Å². The number of pyridine rings is 1. The predicted molar refractivity (Wildman–Crippen MR) is 125 cm³/mol. The number of carboxylic acid groups (broad SMARTS) is 1. The van der Waals surface area contributed by atoms with E-state index in [0.717, 1.165) is 34.3 Å². The van der Waals surface area contributed by atoms with E-state index in [1.165, 1.54) is 0 Å². The number of aromatic carboxylic acids is 1. The van der Waals surface area contributed by atoms with E-state index in [0.29, 0.717) is 11.9 Å². The minimum absolute atomic E-state index is 0.0166. The van der Waals surface area contributed by atoms with Crippen LogP contribution in [-0.4, -0.2) is 37.9 Å². The van der Waals surface area contributed by atoms with Gasteiger partial charge in [0.05, 0.1) is 17.3 Å². The fourth-order valence-corrected chi connectivity index (χ4v) is 5.31. The maximum Gasteiger partial charge on any atom is 0.335 e. The Morgan fingerprint density at radius 1 is 1.12 bits per heavy atom. The summed E-state index contributed by atoms with van der Waals surface area (Å²) in [5, 5.41) is 10.7. The van der Waals surface area contributed by atoms with Gasteiger partial charge in [-0.25, -0.2) is 4.79 Å². The number of amidine groups is 1. The molecule has 0 amide bonds. The van der Waals surface area contributed by atoms with Gasteiger partial charge in [0.15, 0.2) is 5.17 Å². The quantitative estimate of drug-likeness (QED) is 0.579. The second-order valence-corrected chi connectivity index (χ2v) is 9.37. The van der Waals surface area contributed by atoms with Crippen molar-refractivity contribution in [1.82, 2.24) is 9.88 Å². The van der Waals surface area contributed by atoms with E-state index < -0.39 is 5.97 Å². The van der Waals surface area contributed by atoms with Crippen LogP contribution in [-0.2, 0) is 6.61 Å². The molecule has 0 radical (unpaired) electrons. The van der Waals surface area contributed by atoms with Crippen LogP contribution < -0.4 is 4.74 Å². The Balaban J connectivity index is 1.44. The van der Waals surface area contributed by atoms with E-state index in [-0.39, 0.29) is 17.6 Å². The Morgan fingerprint density at radius 3 is 2.66 bits per heavy atom. The average molecular weight is 446 g/mol. The van der Waals surface area contributed by atoms with Crippen LogP contribution in [0.2, 0.25) is 0 Å². The molecule has 3 aromatic rings. The zero-order valence-corrected chi connectivity index (χ0v) is 18.4. The molecule has 1 saturated heterocycles. The standard InChI is InChI=1S/C25H23N3O3S/c1-16-14-28-23(22(27-25(28)32-16)20-7-4-5-13-26-20)19-6-2-3-8-21(19)31-15-17-9-11-18(12-10-17)24(29)30/h2-13,16,22-23H,14-15H2,1H3,(H,29,30)/t16-,22+,23-/m1/s1. The number of benzene rings is 2. The summed E-state index contributed by atoms with van der Waals surface area (Å²) in [5.41, 5.74) is 3.22. The molecule has 0 aliphatic carbocycles. The summed E-state index contributed by atoms with van der Waals surface area (Å²) in [5.74, 6) is -0.125. The third-order valence-corrected chi connectivity index (χ3v) is 6.82. The number of thioether (sulfide) groups is 1. The normalized spacial score (nSPS) is 21.8. The lowest BCUT2D eigenvalue weighted by atomic mass is 9.95. The van der Waals surface area contributed by atoms with E-state index in [9.17, 15) is 4.79 Å². The molecule has 0 spiro atoms. The van der Waals surface area contributed by atoms with Crippen LogP contribution in [0.4, 0.5) is 0 Å². The van der Waals surface area contributed by atoms with Crippen molar-refractivity contribution in [2.45, 2.75) is 30.9 Å². The van der Waals surface area contributed by atoms with E-state index >= 15 is 0 Å². The molecule has 1 N–H and O–H groups in total. The third-order valence-electron chi connectivity index (χ3n) is 5.71. The summed E-state index contributed by atoms with van der Waals surface area (Å²) in [6, 6.07) is 20.8. The molecule has 0 unspecified atom stereocenters. The molecule has 5 rings (SSSR count). The van der Waals surface area contributed by atoms with Gasteiger partial charge in [-0.05, 0) is 35.9 Å². The number of hydrogen-bond donors (Lipinski definition) is 1. The zero-order valence-electron chi connectivity index (χ0n) is 17.6. The topological polar surface area (TPSA) is 75.0 Å². The van der Waals surface area contributed by atoms with Gasteiger partial charge in [0.1, 0.15) is 18.4 Å².